The summed E-state index contributed by atoms with van der Waals surface area (Å²) in [7, 11) is 0. The minimum absolute atomic E-state index is 0.816. The zero-order valence-electron chi connectivity index (χ0n) is 4.96. The lowest BCUT2D eigenvalue weighted by atomic mass is 10.2. The number of hydrogen-bond donors (Lipinski definition) is 1. The van der Waals surface area contributed by atoms with Crippen molar-refractivity contribution in [3.63, 3.8) is 0 Å². The Kier molecular flexibility index (Phi) is 0.932. The molecule has 0 spiro atoms. The van der Waals surface area contributed by atoms with E-state index < -0.39 is 0 Å². The third-order valence-corrected chi connectivity index (χ3v) is 1.47. The van der Waals surface area contributed by atoms with Crippen LogP contribution in [0.5, 0.6) is 0 Å². The van der Waals surface area contributed by atoms with E-state index in [1.807, 2.05) is 18.2 Å². The highest BCUT2D eigenvalue weighted by Crippen LogP contribution is 2.18. The van der Waals surface area contributed by atoms with Gasteiger partial charge >= 0.3 is 0 Å². The molecular formula is C7H7N2. The zero-order chi connectivity index (χ0) is 6.10. The molecule has 2 heteroatoms. The number of fused-ring (bicyclic) bond motifs is 1. The van der Waals surface area contributed by atoms with Crippen molar-refractivity contribution in [2.75, 3.05) is 5.43 Å². The first-order valence-corrected chi connectivity index (χ1v) is 2.97. The molecule has 1 heterocycles. The van der Waals surface area contributed by atoms with Crippen molar-refractivity contribution in [3.8, 4) is 0 Å². The normalized spacial score (nSPS) is 14.7. The minimum Gasteiger partial charge on any atom is -0.303 e. The van der Waals surface area contributed by atoms with E-state index in [2.05, 4.69) is 16.9 Å². The van der Waals surface area contributed by atoms with Gasteiger partial charge in [0.2, 0.25) is 0 Å². The Morgan fingerprint density at radius 2 is 2.22 bits per heavy atom. The molecule has 0 amide bonds. The number of hydrogen-bond acceptors (Lipinski definition) is 1. The summed E-state index contributed by atoms with van der Waals surface area (Å²) in [5.41, 5.74) is 9.37. The molecule has 1 aliphatic heterocycles. The van der Waals surface area contributed by atoms with E-state index in [4.69, 9.17) is 0 Å². The van der Waals surface area contributed by atoms with Gasteiger partial charge in [0.15, 0.2) is 0 Å². The van der Waals surface area contributed by atoms with E-state index in [9.17, 15) is 0 Å². The Hall–Kier alpha value is -1.02. The lowest BCUT2D eigenvalue weighted by Crippen LogP contribution is -2.00. The first kappa shape index (κ1) is 4.82. The molecule has 1 aromatic carbocycles. The molecule has 0 unspecified atom stereocenters. The molecule has 1 radical (unpaired) electrons. The summed E-state index contributed by atoms with van der Waals surface area (Å²) < 4.78 is 0. The van der Waals surface area contributed by atoms with Crippen LogP contribution in [0.4, 0.5) is 5.69 Å². The van der Waals surface area contributed by atoms with Gasteiger partial charge in [0, 0.05) is 0 Å². The summed E-state index contributed by atoms with van der Waals surface area (Å²) in [6, 6.07) is 8.15. The van der Waals surface area contributed by atoms with Crippen LogP contribution in [0, 0.1) is 0 Å². The van der Waals surface area contributed by atoms with Crippen LogP contribution in [0.3, 0.4) is 0 Å². The van der Waals surface area contributed by atoms with Crippen molar-refractivity contribution in [2.45, 2.75) is 6.54 Å². The summed E-state index contributed by atoms with van der Waals surface area (Å²) in [4.78, 5) is 0. The van der Waals surface area contributed by atoms with E-state index in [1.165, 1.54) is 5.56 Å². The molecule has 0 fully saturated rings. The fourth-order valence-corrected chi connectivity index (χ4v) is 0.977. The molecule has 0 saturated carbocycles. The van der Waals surface area contributed by atoms with Gasteiger partial charge in [-0.25, -0.2) is 0 Å². The van der Waals surface area contributed by atoms with Gasteiger partial charge < -0.3 is 5.43 Å². The first-order chi connectivity index (χ1) is 4.47. The standard InChI is InChI=1S/C7H7N2/c1-2-4-7-6(3-1)5-8-9-7/h1-4,9H,5H2. The van der Waals surface area contributed by atoms with Crippen molar-refractivity contribution in [1.82, 2.24) is 5.43 Å². The fraction of sp³-hybridized carbons (Fsp3) is 0.143. The fourth-order valence-electron chi connectivity index (χ4n) is 0.977. The van der Waals surface area contributed by atoms with Crippen LogP contribution in [-0.2, 0) is 6.54 Å². The van der Waals surface area contributed by atoms with Gasteiger partial charge in [-0.3, -0.25) is 0 Å². The number of rotatable bonds is 0. The predicted molar refractivity (Wildman–Crippen MR) is 35.9 cm³/mol. The maximum atomic E-state index is 4.00. The van der Waals surface area contributed by atoms with Gasteiger partial charge in [-0.05, 0) is 11.6 Å². The Bertz CT molecular complexity index is 197. The number of anilines is 1. The third-order valence-electron chi connectivity index (χ3n) is 1.47. The van der Waals surface area contributed by atoms with Crippen LogP contribution < -0.4 is 10.9 Å². The average Bonchev–Trinajstić information content (AvgIpc) is 2.33. The molecule has 45 valence electrons. The monoisotopic (exact) mass is 119 g/mol. The van der Waals surface area contributed by atoms with Crippen molar-refractivity contribution < 1.29 is 0 Å². The molecule has 2 rings (SSSR count). The SMILES string of the molecule is c1ccc2c(c1)C[N]N2. The van der Waals surface area contributed by atoms with Gasteiger partial charge in [-0.2, -0.15) is 0 Å². The van der Waals surface area contributed by atoms with Crippen molar-refractivity contribution in [3.05, 3.63) is 29.8 Å². The van der Waals surface area contributed by atoms with E-state index in [0.717, 1.165) is 12.2 Å². The average molecular weight is 119 g/mol. The number of nitrogens with one attached hydrogen (secondary N) is 1. The topological polar surface area (TPSA) is 26.1 Å². The summed E-state index contributed by atoms with van der Waals surface area (Å²) in [5.74, 6) is 0. The number of para-hydroxylation sites is 1. The van der Waals surface area contributed by atoms with Gasteiger partial charge in [0.1, 0.15) is 0 Å². The second-order valence-corrected chi connectivity index (χ2v) is 2.09. The first-order valence-electron chi connectivity index (χ1n) is 2.97. The molecule has 2 nitrogen and oxygen atoms in total. The second-order valence-electron chi connectivity index (χ2n) is 2.09. The van der Waals surface area contributed by atoms with Crippen LogP contribution in [0.2, 0.25) is 0 Å². The maximum absolute atomic E-state index is 4.00. The largest absolute Gasteiger partial charge is 0.303 e. The molecule has 9 heavy (non-hydrogen) atoms. The quantitative estimate of drug-likeness (QED) is 0.544. The van der Waals surface area contributed by atoms with E-state index in [0.29, 0.717) is 0 Å². The third kappa shape index (κ3) is 0.678. The smallest absolute Gasteiger partial charge is 0.0629 e. The molecule has 0 aromatic heterocycles. The number of benzene rings is 1. The Morgan fingerprint density at radius 1 is 1.33 bits per heavy atom. The highest BCUT2D eigenvalue weighted by molar-refractivity contribution is 5.52. The molecule has 1 aliphatic rings. The summed E-state index contributed by atoms with van der Waals surface area (Å²) in [6.07, 6.45) is 0. The zero-order valence-corrected chi connectivity index (χ0v) is 4.96. The second kappa shape index (κ2) is 1.74. The molecule has 0 aliphatic carbocycles. The molecule has 0 bridgehead atoms. The van der Waals surface area contributed by atoms with Crippen LogP contribution in [-0.4, -0.2) is 0 Å². The van der Waals surface area contributed by atoms with Crippen molar-refractivity contribution >= 4 is 5.69 Å². The molecule has 0 saturated heterocycles. The van der Waals surface area contributed by atoms with Gasteiger partial charge in [-0.15, -0.1) is 5.43 Å². The van der Waals surface area contributed by atoms with Gasteiger partial charge in [0.05, 0.1) is 12.2 Å². The Balaban J connectivity index is 2.54. The van der Waals surface area contributed by atoms with Crippen molar-refractivity contribution in [1.29, 1.82) is 0 Å². The van der Waals surface area contributed by atoms with Crippen molar-refractivity contribution in [2.24, 2.45) is 0 Å². The highest BCUT2D eigenvalue weighted by Gasteiger charge is 2.06. The predicted octanol–water partition coefficient (Wildman–Crippen LogP) is 1.13. The number of nitrogens with zero attached hydrogens (tertiary/aromatic N) is 1. The lowest BCUT2D eigenvalue weighted by molar-refractivity contribution is 0.841. The highest BCUT2D eigenvalue weighted by atomic mass is 15.4. The van der Waals surface area contributed by atoms with Crippen LogP contribution in [0.25, 0.3) is 0 Å². The Morgan fingerprint density at radius 3 is 3.11 bits per heavy atom. The van der Waals surface area contributed by atoms with Gasteiger partial charge in [0.25, 0.3) is 0 Å². The minimum atomic E-state index is 0.816. The van der Waals surface area contributed by atoms with Gasteiger partial charge in [-0.1, -0.05) is 18.2 Å². The van der Waals surface area contributed by atoms with Crippen LogP contribution in [0.1, 0.15) is 5.56 Å². The molecule has 0 atom stereocenters. The van der Waals surface area contributed by atoms with E-state index >= 15 is 0 Å². The van der Waals surface area contributed by atoms with E-state index in [1.54, 1.807) is 0 Å². The summed E-state index contributed by atoms with van der Waals surface area (Å²) in [5, 5.41) is 0. The molecule has 1 N–H and O–H groups in total. The molecular weight excluding hydrogens is 112 g/mol. The van der Waals surface area contributed by atoms with Crippen LogP contribution >= 0.6 is 0 Å². The van der Waals surface area contributed by atoms with Crippen LogP contribution in [0.15, 0.2) is 24.3 Å². The lowest BCUT2D eigenvalue weighted by Gasteiger charge is -1.92. The summed E-state index contributed by atoms with van der Waals surface area (Å²) >= 11 is 0. The maximum Gasteiger partial charge on any atom is 0.0629 e. The Labute approximate surface area is 53.9 Å². The summed E-state index contributed by atoms with van der Waals surface area (Å²) in [6.45, 7) is 0.816. The molecule has 1 aromatic rings. The van der Waals surface area contributed by atoms with E-state index in [-0.39, 0.29) is 0 Å².